The lowest BCUT2D eigenvalue weighted by atomic mass is 9.81. The first kappa shape index (κ1) is 11.1. The third kappa shape index (κ3) is 2.09. The lowest BCUT2D eigenvalue weighted by molar-refractivity contribution is 0.425. The van der Waals surface area contributed by atoms with Gasteiger partial charge in [-0.3, -0.25) is 0 Å². The minimum absolute atomic E-state index is 0.279. The highest BCUT2D eigenvalue weighted by Crippen LogP contribution is 2.16. The lowest BCUT2D eigenvalue weighted by Crippen LogP contribution is -2.30. The summed E-state index contributed by atoms with van der Waals surface area (Å²) in [5.41, 5.74) is 1.68. The third-order valence-corrected chi connectivity index (χ3v) is 2.42. The van der Waals surface area contributed by atoms with Crippen LogP contribution in [0.1, 0.15) is 5.69 Å². The van der Waals surface area contributed by atoms with E-state index >= 15 is 0 Å². The van der Waals surface area contributed by atoms with Crippen molar-refractivity contribution in [3.63, 3.8) is 0 Å². The molecule has 2 heterocycles. The van der Waals surface area contributed by atoms with Gasteiger partial charge in [-0.15, -0.1) is 0 Å². The Hall–Kier alpha value is -1.37. The third-order valence-electron chi connectivity index (χ3n) is 2.13. The molecule has 82 valence electrons. The molecule has 2 N–H and O–H groups in total. The van der Waals surface area contributed by atoms with E-state index in [-0.39, 0.29) is 10.6 Å². The highest BCUT2D eigenvalue weighted by atomic mass is 35.5. The van der Waals surface area contributed by atoms with Gasteiger partial charge in [-0.2, -0.15) is 0 Å². The second kappa shape index (κ2) is 4.25. The van der Waals surface area contributed by atoms with Crippen molar-refractivity contribution in [2.24, 2.45) is 0 Å². The maximum Gasteiger partial charge on any atom is 0.490 e. The van der Waals surface area contributed by atoms with Crippen LogP contribution in [0.3, 0.4) is 0 Å². The zero-order valence-electron chi connectivity index (χ0n) is 8.50. The molecule has 0 aliphatic heterocycles. The summed E-state index contributed by atoms with van der Waals surface area (Å²) < 4.78 is 1.68. The topological polar surface area (TPSA) is 71.2 Å². The molecule has 0 saturated carbocycles. The van der Waals surface area contributed by atoms with Gasteiger partial charge in [0.15, 0.2) is 5.15 Å². The largest absolute Gasteiger partial charge is 0.490 e. The molecule has 0 unspecified atom stereocenters. The highest BCUT2D eigenvalue weighted by molar-refractivity contribution is 6.58. The number of nitrogens with zero attached hydrogens (tertiary/aromatic N) is 3. The zero-order chi connectivity index (χ0) is 11.7. The van der Waals surface area contributed by atoms with Gasteiger partial charge in [0, 0.05) is 17.9 Å². The van der Waals surface area contributed by atoms with Gasteiger partial charge in [0.05, 0.1) is 17.7 Å². The van der Waals surface area contributed by atoms with Gasteiger partial charge in [-0.25, -0.2) is 9.97 Å². The zero-order valence-corrected chi connectivity index (χ0v) is 9.26. The molecular formula is C9H9BClN3O2. The first-order valence-electron chi connectivity index (χ1n) is 4.60. The Labute approximate surface area is 97.5 Å². The van der Waals surface area contributed by atoms with E-state index in [1.807, 2.05) is 6.92 Å². The van der Waals surface area contributed by atoms with Gasteiger partial charge >= 0.3 is 7.12 Å². The first-order chi connectivity index (χ1) is 7.58. The molecule has 0 saturated heterocycles. The average molecular weight is 237 g/mol. The average Bonchev–Trinajstić information content (AvgIpc) is 2.65. The van der Waals surface area contributed by atoms with Gasteiger partial charge in [-0.1, -0.05) is 11.6 Å². The van der Waals surface area contributed by atoms with Crippen molar-refractivity contribution < 1.29 is 10.0 Å². The van der Waals surface area contributed by atoms with E-state index in [1.54, 1.807) is 23.2 Å². The maximum absolute atomic E-state index is 9.04. The summed E-state index contributed by atoms with van der Waals surface area (Å²) in [6.07, 6.45) is 4.68. The molecule has 5 nitrogen and oxygen atoms in total. The smallest absolute Gasteiger partial charge is 0.423 e. The number of aryl methyl sites for hydroxylation is 1. The van der Waals surface area contributed by atoms with Crippen molar-refractivity contribution in [1.82, 2.24) is 14.5 Å². The van der Waals surface area contributed by atoms with Crippen LogP contribution in [0.2, 0.25) is 5.15 Å². The molecule has 0 aromatic carbocycles. The minimum atomic E-state index is -1.56. The van der Waals surface area contributed by atoms with Crippen LogP contribution < -0.4 is 5.46 Å². The van der Waals surface area contributed by atoms with Gasteiger partial charge in [-0.05, 0) is 13.0 Å². The molecule has 2 aromatic heterocycles. The quantitative estimate of drug-likeness (QED) is 0.566. The standard InChI is InChI=1S/C9H9BClN3O2/c1-6-4-14(5-13-6)8-2-7(10(15)16)3-12-9(8)11/h2-5,15-16H,1H3. The van der Waals surface area contributed by atoms with Crippen LogP contribution >= 0.6 is 11.6 Å². The van der Waals surface area contributed by atoms with Crippen molar-refractivity contribution in [3.05, 3.63) is 35.6 Å². The Bertz CT molecular complexity index is 515. The fourth-order valence-electron chi connectivity index (χ4n) is 1.33. The summed E-state index contributed by atoms with van der Waals surface area (Å²) >= 11 is 5.92. The van der Waals surface area contributed by atoms with Crippen LogP contribution in [-0.2, 0) is 0 Å². The molecule has 0 fully saturated rings. The monoisotopic (exact) mass is 237 g/mol. The fraction of sp³-hybridized carbons (Fsp3) is 0.111. The number of aromatic nitrogens is 3. The van der Waals surface area contributed by atoms with Crippen LogP contribution in [0.5, 0.6) is 0 Å². The number of imidazole rings is 1. The van der Waals surface area contributed by atoms with E-state index in [0.717, 1.165) is 5.69 Å². The molecule has 0 atom stereocenters. The molecular weight excluding hydrogens is 228 g/mol. The second-order valence-electron chi connectivity index (χ2n) is 3.37. The molecule has 7 heteroatoms. The van der Waals surface area contributed by atoms with Crippen LogP contribution in [0.4, 0.5) is 0 Å². The Morgan fingerprint density at radius 3 is 2.69 bits per heavy atom. The van der Waals surface area contributed by atoms with Crippen molar-refractivity contribution in [2.45, 2.75) is 6.92 Å². The van der Waals surface area contributed by atoms with Gasteiger partial charge in [0.25, 0.3) is 0 Å². The van der Waals surface area contributed by atoms with Crippen LogP contribution in [-0.4, -0.2) is 31.7 Å². The summed E-state index contributed by atoms with van der Waals surface area (Å²) in [6, 6.07) is 1.56. The molecule has 0 aliphatic rings. The van der Waals surface area contributed by atoms with Crippen LogP contribution in [0, 0.1) is 6.92 Å². The number of hydrogen-bond acceptors (Lipinski definition) is 4. The van der Waals surface area contributed by atoms with Gasteiger partial charge in [0.2, 0.25) is 0 Å². The predicted molar refractivity (Wildman–Crippen MR) is 60.9 cm³/mol. The molecule has 0 amide bonds. The Kier molecular flexibility index (Phi) is 2.96. The van der Waals surface area contributed by atoms with Crippen molar-refractivity contribution >= 4 is 24.2 Å². The van der Waals surface area contributed by atoms with Crippen LogP contribution in [0.15, 0.2) is 24.8 Å². The van der Waals surface area contributed by atoms with Crippen molar-refractivity contribution in [2.75, 3.05) is 0 Å². The predicted octanol–water partition coefficient (Wildman–Crippen LogP) is -0.0911. The number of hydrogen-bond donors (Lipinski definition) is 2. The van der Waals surface area contributed by atoms with E-state index in [9.17, 15) is 0 Å². The molecule has 16 heavy (non-hydrogen) atoms. The maximum atomic E-state index is 9.04. The Morgan fingerprint density at radius 1 is 1.38 bits per heavy atom. The summed E-state index contributed by atoms with van der Waals surface area (Å²) in [5.74, 6) is 0. The number of pyridine rings is 1. The minimum Gasteiger partial charge on any atom is -0.423 e. The van der Waals surface area contributed by atoms with E-state index in [2.05, 4.69) is 9.97 Å². The van der Waals surface area contributed by atoms with Gasteiger partial charge < -0.3 is 14.6 Å². The normalized spacial score (nSPS) is 10.5. The van der Waals surface area contributed by atoms with Crippen molar-refractivity contribution in [1.29, 1.82) is 0 Å². The molecule has 0 aliphatic carbocycles. The van der Waals surface area contributed by atoms with E-state index in [0.29, 0.717) is 5.69 Å². The van der Waals surface area contributed by atoms with Crippen molar-refractivity contribution in [3.8, 4) is 5.69 Å². The second-order valence-corrected chi connectivity index (χ2v) is 3.73. The van der Waals surface area contributed by atoms with E-state index in [1.165, 1.54) is 6.20 Å². The Balaban J connectivity index is 2.51. The first-order valence-corrected chi connectivity index (χ1v) is 4.98. The lowest BCUT2D eigenvalue weighted by Gasteiger charge is -2.06. The molecule has 0 spiro atoms. The summed E-state index contributed by atoms with van der Waals surface area (Å²) in [4.78, 5) is 7.94. The summed E-state index contributed by atoms with van der Waals surface area (Å²) in [5, 5.41) is 18.4. The molecule has 0 radical (unpaired) electrons. The van der Waals surface area contributed by atoms with Crippen LogP contribution in [0.25, 0.3) is 5.69 Å². The molecule has 0 bridgehead atoms. The fourth-order valence-corrected chi connectivity index (χ4v) is 1.53. The summed E-state index contributed by atoms with van der Waals surface area (Å²) in [6.45, 7) is 1.85. The molecule has 2 aromatic rings. The van der Waals surface area contributed by atoms with Gasteiger partial charge in [0.1, 0.15) is 0 Å². The number of halogens is 1. The van der Waals surface area contributed by atoms with E-state index in [4.69, 9.17) is 21.6 Å². The molecule has 2 rings (SSSR count). The summed E-state index contributed by atoms with van der Waals surface area (Å²) in [7, 11) is -1.56. The number of rotatable bonds is 2. The van der Waals surface area contributed by atoms with E-state index < -0.39 is 7.12 Å². The Morgan fingerprint density at radius 2 is 2.12 bits per heavy atom. The highest BCUT2D eigenvalue weighted by Gasteiger charge is 2.14. The SMILES string of the molecule is Cc1cn(-c2cc(B(O)O)cnc2Cl)cn1.